The maximum atomic E-state index is 10.5. The zero-order valence-electron chi connectivity index (χ0n) is 18.8. The van der Waals surface area contributed by atoms with E-state index < -0.39 is 5.60 Å². The average Bonchev–Trinajstić information content (AvgIpc) is 2.61. The van der Waals surface area contributed by atoms with Crippen LogP contribution in [0.25, 0.3) is 0 Å². The van der Waals surface area contributed by atoms with Gasteiger partial charge in [0.1, 0.15) is 5.60 Å². The third-order valence-electron chi connectivity index (χ3n) is 5.07. The van der Waals surface area contributed by atoms with Gasteiger partial charge in [-0.1, -0.05) is 122 Å². The largest absolute Gasteiger partial charge is 0.457 e. The highest BCUT2D eigenvalue weighted by Crippen LogP contribution is 2.16. The van der Waals surface area contributed by atoms with Crippen LogP contribution < -0.4 is 0 Å². The number of rotatable bonds is 1. The minimum Gasteiger partial charge on any atom is -0.457 e. The molecule has 0 radical (unpaired) electrons. The van der Waals surface area contributed by atoms with Gasteiger partial charge in [-0.2, -0.15) is 0 Å². The van der Waals surface area contributed by atoms with Gasteiger partial charge < -0.3 is 4.74 Å². The lowest BCUT2D eigenvalue weighted by atomic mass is 10.0. The van der Waals surface area contributed by atoms with Crippen LogP contribution in [0.1, 0.15) is 136 Å². The number of hydrogen-bond acceptors (Lipinski definition) is 2. The Bertz CT molecular complexity index is 266. The van der Waals surface area contributed by atoms with Crippen molar-refractivity contribution >= 4 is 5.97 Å². The summed E-state index contributed by atoms with van der Waals surface area (Å²) in [6.07, 6.45) is 28.2. The molecule has 1 rings (SSSR count). The summed E-state index contributed by atoms with van der Waals surface area (Å²) in [7, 11) is 0. The highest BCUT2D eigenvalue weighted by Gasteiger charge is 2.12. The Hall–Kier alpha value is -0.790. The number of carbonyl (C=O) groups excluding carboxylic acids is 1. The van der Waals surface area contributed by atoms with Gasteiger partial charge in [-0.15, -0.1) is 0 Å². The lowest BCUT2D eigenvalue weighted by Crippen LogP contribution is -2.22. The van der Waals surface area contributed by atoms with Crippen LogP contribution in [0.15, 0.2) is 12.7 Å². The van der Waals surface area contributed by atoms with Crippen molar-refractivity contribution < 1.29 is 9.53 Å². The fourth-order valence-electron chi connectivity index (χ4n) is 3.53. The molecule has 0 bridgehead atoms. The van der Waals surface area contributed by atoms with E-state index in [9.17, 15) is 4.79 Å². The molecule has 0 unspecified atom stereocenters. The summed E-state index contributed by atoms with van der Waals surface area (Å²) in [6, 6.07) is 0. The summed E-state index contributed by atoms with van der Waals surface area (Å²) >= 11 is 0. The van der Waals surface area contributed by atoms with Gasteiger partial charge in [-0.3, -0.25) is 0 Å². The third kappa shape index (κ3) is 23.2. The van der Waals surface area contributed by atoms with E-state index in [1.807, 2.05) is 20.8 Å². The molecule has 0 spiro atoms. The monoisotopic (exact) mass is 380 g/mol. The standard InChI is InChI=1S/C18H36.C7H12O2/c1-2-4-6-8-10-12-14-16-18-17-15-13-11-9-7-5-3-1;1-5-6(8)9-7(2,3)4/h1-18H2;5H,1H2,2-4H3. The number of carbonyl (C=O) groups is 1. The Morgan fingerprint density at radius 2 is 0.778 bits per heavy atom. The van der Waals surface area contributed by atoms with Gasteiger partial charge in [-0.25, -0.2) is 4.79 Å². The van der Waals surface area contributed by atoms with Crippen LogP contribution in [0.4, 0.5) is 0 Å². The minimum absolute atomic E-state index is 0.373. The molecule has 1 fully saturated rings. The molecule has 160 valence electrons. The lowest BCUT2D eigenvalue weighted by Gasteiger charge is -2.17. The van der Waals surface area contributed by atoms with Crippen LogP contribution >= 0.6 is 0 Å². The second-order valence-corrected chi connectivity index (χ2v) is 9.10. The molecule has 2 heteroatoms. The number of hydrogen-bond donors (Lipinski definition) is 0. The van der Waals surface area contributed by atoms with Gasteiger partial charge in [0.25, 0.3) is 0 Å². The first-order chi connectivity index (χ1) is 13.0. The molecule has 1 aliphatic carbocycles. The highest BCUT2D eigenvalue weighted by atomic mass is 16.6. The molecule has 1 saturated carbocycles. The summed E-state index contributed by atoms with van der Waals surface area (Å²) in [6.45, 7) is 8.71. The van der Waals surface area contributed by atoms with Crippen molar-refractivity contribution in [3.63, 3.8) is 0 Å². The number of esters is 1. The zero-order valence-corrected chi connectivity index (χ0v) is 18.8. The van der Waals surface area contributed by atoms with Crippen molar-refractivity contribution in [2.75, 3.05) is 0 Å². The average molecular weight is 381 g/mol. The third-order valence-corrected chi connectivity index (χ3v) is 5.07. The van der Waals surface area contributed by atoms with Crippen LogP contribution in [-0.2, 0) is 9.53 Å². The van der Waals surface area contributed by atoms with Crippen LogP contribution in [0, 0.1) is 0 Å². The molecule has 0 aliphatic heterocycles. The van der Waals surface area contributed by atoms with Crippen molar-refractivity contribution in [1.82, 2.24) is 0 Å². The fourth-order valence-corrected chi connectivity index (χ4v) is 3.53. The highest BCUT2D eigenvalue weighted by molar-refractivity contribution is 5.81. The summed E-state index contributed by atoms with van der Waals surface area (Å²) in [5.74, 6) is -0.373. The van der Waals surface area contributed by atoms with Gasteiger partial charge >= 0.3 is 5.97 Å². The Kier molecular flexibility index (Phi) is 18.0. The molecule has 0 amide bonds. The summed E-state index contributed by atoms with van der Waals surface area (Å²) in [5, 5.41) is 0. The predicted octanol–water partition coefficient (Wildman–Crippen LogP) is 8.54. The Labute approximate surface area is 170 Å². The molecule has 0 aromatic rings. The summed E-state index contributed by atoms with van der Waals surface area (Å²) < 4.78 is 4.83. The molecule has 0 aromatic carbocycles. The van der Waals surface area contributed by atoms with Crippen molar-refractivity contribution in [1.29, 1.82) is 0 Å². The molecule has 0 N–H and O–H groups in total. The molecule has 1 aliphatic rings. The van der Waals surface area contributed by atoms with E-state index in [4.69, 9.17) is 4.74 Å². The molecule has 0 saturated heterocycles. The van der Waals surface area contributed by atoms with Crippen molar-refractivity contribution in [2.45, 2.75) is 142 Å². The molecule has 0 atom stereocenters. The first-order valence-corrected chi connectivity index (χ1v) is 11.8. The van der Waals surface area contributed by atoms with Crippen LogP contribution in [-0.4, -0.2) is 11.6 Å². The van der Waals surface area contributed by atoms with Crippen LogP contribution in [0.3, 0.4) is 0 Å². The number of ether oxygens (including phenoxy) is 1. The Morgan fingerprint density at radius 1 is 0.593 bits per heavy atom. The lowest BCUT2D eigenvalue weighted by molar-refractivity contribution is -0.148. The van der Waals surface area contributed by atoms with E-state index in [0.29, 0.717) is 0 Å². The SMILES string of the molecule is C1CCCCCCCCCCCCCCCCC1.C=CC(=O)OC(C)(C)C. The van der Waals surface area contributed by atoms with E-state index in [2.05, 4.69) is 6.58 Å². The minimum atomic E-state index is -0.398. The Balaban J connectivity index is 0.000000636. The summed E-state index contributed by atoms with van der Waals surface area (Å²) in [4.78, 5) is 10.5. The van der Waals surface area contributed by atoms with Crippen LogP contribution in [0.2, 0.25) is 0 Å². The zero-order chi connectivity index (χ0) is 20.2. The normalized spacial score (nSPS) is 19.5. The van der Waals surface area contributed by atoms with Gasteiger partial charge in [-0.05, 0) is 20.8 Å². The van der Waals surface area contributed by atoms with Crippen LogP contribution in [0.5, 0.6) is 0 Å². The van der Waals surface area contributed by atoms with Crippen molar-refractivity contribution in [3.05, 3.63) is 12.7 Å². The maximum Gasteiger partial charge on any atom is 0.330 e. The topological polar surface area (TPSA) is 26.3 Å². The van der Waals surface area contributed by atoms with Gasteiger partial charge in [0.15, 0.2) is 0 Å². The molecule has 0 aromatic heterocycles. The first kappa shape index (κ1) is 26.2. The van der Waals surface area contributed by atoms with E-state index in [-0.39, 0.29) is 5.97 Å². The maximum absolute atomic E-state index is 10.5. The molecular formula is C25H48O2. The van der Waals surface area contributed by atoms with Crippen molar-refractivity contribution in [3.8, 4) is 0 Å². The van der Waals surface area contributed by atoms with Gasteiger partial charge in [0.2, 0.25) is 0 Å². The molecule has 0 heterocycles. The smallest absolute Gasteiger partial charge is 0.330 e. The fraction of sp³-hybridized carbons (Fsp3) is 0.880. The quantitative estimate of drug-likeness (QED) is 0.336. The van der Waals surface area contributed by atoms with Gasteiger partial charge in [0, 0.05) is 6.08 Å². The second kappa shape index (κ2) is 18.6. The summed E-state index contributed by atoms with van der Waals surface area (Å²) in [5.41, 5.74) is -0.398. The van der Waals surface area contributed by atoms with E-state index in [0.717, 1.165) is 6.08 Å². The second-order valence-electron chi connectivity index (χ2n) is 9.10. The van der Waals surface area contributed by atoms with E-state index >= 15 is 0 Å². The predicted molar refractivity (Wildman–Crippen MR) is 119 cm³/mol. The molecular weight excluding hydrogens is 332 g/mol. The van der Waals surface area contributed by atoms with Gasteiger partial charge in [0.05, 0.1) is 0 Å². The Morgan fingerprint density at radius 3 is 0.852 bits per heavy atom. The molecule has 2 nitrogen and oxygen atoms in total. The van der Waals surface area contributed by atoms with E-state index in [1.54, 1.807) is 0 Å². The van der Waals surface area contributed by atoms with Crippen molar-refractivity contribution in [2.24, 2.45) is 0 Å². The van der Waals surface area contributed by atoms with E-state index in [1.165, 1.54) is 116 Å². The first-order valence-electron chi connectivity index (χ1n) is 11.8. The molecule has 27 heavy (non-hydrogen) atoms.